The minimum atomic E-state index is -1.17. The van der Waals surface area contributed by atoms with E-state index in [1.165, 1.54) is 60.5 Å². The first-order valence-electron chi connectivity index (χ1n) is 17.7. The van der Waals surface area contributed by atoms with Gasteiger partial charge >= 0.3 is 0 Å². The van der Waals surface area contributed by atoms with Gasteiger partial charge in [-0.15, -0.1) is 0 Å². The molecule has 0 saturated carbocycles. The predicted octanol–water partition coefficient (Wildman–Crippen LogP) is 11.7. The van der Waals surface area contributed by atoms with Gasteiger partial charge in [0.1, 0.15) is 22.8 Å². The first-order chi connectivity index (χ1) is 25.4. The SMILES string of the molecule is COc1ccc(C(C)(O)c2ccc(Oc3ccc(C4(c5ccc(C)cc5)c5cc6ccccc6cc5-c5c4ccc4ccccc54)cc3)cc2)cc1. The topological polar surface area (TPSA) is 38.7 Å². The van der Waals surface area contributed by atoms with Gasteiger partial charge in [0.2, 0.25) is 0 Å². The van der Waals surface area contributed by atoms with Gasteiger partial charge in [0.15, 0.2) is 0 Å². The van der Waals surface area contributed by atoms with E-state index in [9.17, 15) is 5.11 Å². The number of aliphatic hydroxyl groups is 1. The quantitative estimate of drug-likeness (QED) is 0.183. The average molecular weight is 675 g/mol. The van der Waals surface area contributed by atoms with Gasteiger partial charge in [0.25, 0.3) is 0 Å². The minimum Gasteiger partial charge on any atom is -0.497 e. The molecule has 1 N–H and O–H groups in total. The average Bonchev–Trinajstić information content (AvgIpc) is 3.48. The van der Waals surface area contributed by atoms with Gasteiger partial charge in [0.05, 0.1) is 12.5 Å². The molecule has 8 aromatic carbocycles. The predicted molar refractivity (Wildman–Crippen MR) is 212 cm³/mol. The van der Waals surface area contributed by atoms with Crippen molar-refractivity contribution in [1.82, 2.24) is 0 Å². The number of hydrogen-bond acceptors (Lipinski definition) is 3. The molecule has 0 amide bonds. The number of benzene rings is 8. The maximum atomic E-state index is 11.4. The highest BCUT2D eigenvalue weighted by Gasteiger charge is 2.47. The lowest BCUT2D eigenvalue weighted by Gasteiger charge is -2.34. The maximum absolute atomic E-state index is 11.4. The summed E-state index contributed by atoms with van der Waals surface area (Å²) in [6, 6.07) is 59.6. The minimum absolute atomic E-state index is 0.542. The van der Waals surface area contributed by atoms with Crippen LogP contribution in [0.15, 0.2) is 170 Å². The normalized spacial score (nSPS) is 15.9. The van der Waals surface area contributed by atoms with Gasteiger partial charge < -0.3 is 14.6 Å². The monoisotopic (exact) mass is 674 g/mol. The first-order valence-corrected chi connectivity index (χ1v) is 17.7. The van der Waals surface area contributed by atoms with E-state index in [-0.39, 0.29) is 0 Å². The largest absolute Gasteiger partial charge is 0.497 e. The van der Waals surface area contributed by atoms with Crippen LogP contribution in [0.3, 0.4) is 0 Å². The van der Waals surface area contributed by atoms with Gasteiger partial charge in [-0.1, -0.05) is 127 Å². The third kappa shape index (κ3) is 5.00. The molecule has 2 atom stereocenters. The highest BCUT2D eigenvalue weighted by atomic mass is 16.5. The van der Waals surface area contributed by atoms with Crippen molar-refractivity contribution in [1.29, 1.82) is 0 Å². The summed E-state index contributed by atoms with van der Waals surface area (Å²) in [5, 5.41) is 16.4. The lowest BCUT2D eigenvalue weighted by molar-refractivity contribution is 0.102. The highest BCUT2D eigenvalue weighted by Crippen LogP contribution is 2.58. The molecule has 3 nitrogen and oxygen atoms in total. The molecule has 0 fully saturated rings. The summed E-state index contributed by atoms with van der Waals surface area (Å²) in [6.45, 7) is 3.95. The zero-order valence-corrected chi connectivity index (χ0v) is 29.4. The Morgan fingerprint density at radius 3 is 1.65 bits per heavy atom. The molecule has 0 aliphatic heterocycles. The summed E-state index contributed by atoms with van der Waals surface area (Å²) in [4.78, 5) is 0. The molecule has 1 aliphatic carbocycles. The molecule has 1 aliphatic rings. The van der Waals surface area contributed by atoms with Crippen LogP contribution in [0.2, 0.25) is 0 Å². The Kier molecular flexibility index (Phi) is 7.50. The van der Waals surface area contributed by atoms with E-state index >= 15 is 0 Å². The second-order valence-corrected chi connectivity index (χ2v) is 14.0. The van der Waals surface area contributed by atoms with Crippen LogP contribution in [-0.4, -0.2) is 12.2 Å². The van der Waals surface area contributed by atoms with Gasteiger partial charge in [-0.2, -0.15) is 0 Å². The lowest BCUT2D eigenvalue weighted by Crippen LogP contribution is -2.28. The van der Waals surface area contributed by atoms with E-state index in [1.807, 2.05) is 48.5 Å². The zero-order chi connectivity index (χ0) is 35.5. The summed E-state index contributed by atoms with van der Waals surface area (Å²) in [6.07, 6.45) is 0. The second-order valence-electron chi connectivity index (χ2n) is 14.0. The number of fused-ring (bicyclic) bond motifs is 6. The van der Waals surface area contributed by atoms with Crippen LogP contribution >= 0.6 is 0 Å². The van der Waals surface area contributed by atoms with Gasteiger partial charge in [-0.3, -0.25) is 0 Å². The van der Waals surface area contributed by atoms with Crippen LogP contribution < -0.4 is 9.47 Å². The highest BCUT2D eigenvalue weighted by molar-refractivity contribution is 6.06. The molecule has 2 unspecified atom stereocenters. The lowest BCUT2D eigenvalue weighted by atomic mass is 9.67. The van der Waals surface area contributed by atoms with Crippen molar-refractivity contribution < 1.29 is 14.6 Å². The fourth-order valence-corrected chi connectivity index (χ4v) is 8.21. The summed E-state index contributed by atoms with van der Waals surface area (Å²) >= 11 is 0. The smallest absolute Gasteiger partial charge is 0.127 e. The fraction of sp³-hybridized carbons (Fsp3) is 0.102. The molecule has 252 valence electrons. The third-order valence-electron chi connectivity index (χ3n) is 11.0. The molecule has 0 heterocycles. The van der Waals surface area contributed by atoms with Gasteiger partial charge in [0, 0.05) is 0 Å². The summed E-state index contributed by atoms with van der Waals surface area (Å²) in [7, 11) is 1.64. The zero-order valence-electron chi connectivity index (χ0n) is 29.4. The van der Waals surface area contributed by atoms with E-state index in [0.717, 1.165) is 22.6 Å². The Morgan fingerprint density at radius 1 is 0.519 bits per heavy atom. The molecule has 9 rings (SSSR count). The van der Waals surface area contributed by atoms with Crippen molar-refractivity contribution in [3.8, 4) is 28.4 Å². The van der Waals surface area contributed by atoms with Crippen LogP contribution in [0.25, 0.3) is 32.7 Å². The molecule has 0 bridgehead atoms. The van der Waals surface area contributed by atoms with Gasteiger partial charge in [-0.25, -0.2) is 0 Å². The van der Waals surface area contributed by atoms with Crippen LogP contribution in [-0.2, 0) is 11.0 Å². The number of rotatable bonds is 7. The van der Waals surface area contributed by atoms with Crippen LogP contribution in [0, 0.1) is 6.92 Å². The summed E-state index contributed by atoms with van der Waals surface area (Å²) in [5.74, 6) is 2.19. The number of aryl methyl sites for hydroxylation is 1. The molecule has 52 heavy (non-hydrogen) atoms. The van der Waals surface area contributed by atoms with Crippen LogP contribution in [0.5, 0.6) is 17.2 Å². The van der Waals surface area contributed by atoms with Crippen LogP contribution in [0.4, 0.5) is 0 Å². The molecule has 3 heteroatoms. The van der Waals surface area contributed by atoms with Crippen molar-refractivity contribution >= 4 is 21.5 Å². The molecular formula is C49H38O3. The van der Waals surface area contributed by atoms with Gasteiger partial charge in [-0.05, 0) is 128 Å². The molecule has 0 radical (unpaired) electrons. The number of hydrogen-bond donors (Lipinski definition) is 1. The standard InChI is InChI=1S/C49H38O3/c1-32-12-15-38(16-13-32)49(45-29-14-33-8-6-7-11-43(33)47(45)44-30-34-9-4-5-10-35(34)31-46(44)49)39-21-27-42(28-22-39)52-41-25-19-37(20-26-41)48(2,50)36-17-23-40(51-3)24-18-36/h4-31,50H,1-3H3. The molecule has 0 aromatic heterocycles. The van der Waals surface area contributed by atoms with E-state index < -0.39 is 11.0 Å². The summed E-state index contributed by atoms with van der Waals surface area (Å²) < 4.78 is 11.7. The van der Waals surface area contributed by atoms with Crippen molar-refractivity contribution in [2.24, 2.45) is 0 Å². The molecule has 0 spiro atoms. The maximum Gasteiger partial charge on any atom is 0.127 e. The molecular weight excluding hydrogens is 637 g/mol. The Bertz CT molecular complexity index is 2580. The second kappa shape index (κ2) is 12.3. The van der Waals surface area contributed by atoms with Crippen molar-refractivity contribution in [3.05, 3.63) is 209 Å². The Balaban J connectivity index is 1.14. The van der Waals surface area contributed by atoms with E-state index in [0.29, 0.717) is 5.75 Å². The molecule has 8 aromatic rings. The number of ether oxygens (including phenoxy) is 2. The first kappa shape index (κ1) is 31.8. The Morgan fingerprint density at radius 2 is 1.04 bits per heavy atom. The van der Waals surface area contributed by atoms with Crippen LogP contribution in [0.1, 0.15) is 45.9 Å². The Labute approximate surface area is 304 Å². The van der Waals surface area contributed by atoms with Crippen molar-refractivity contribution in [3.63, 3.8) is 0 Å². The number of methoxy groups -OCH3 is 1. The fourth-order valence-electron chi connectivity index (χ4n) is 8.21. The van der Waals surface area contributed by atoms with E-state index in [4.69, 9.17) is 9.47 Å². The molecule has 0 saturated heterocycles. The van der Waals surface area contributed by atoms with Crippen molar-refractivity contribution in [2.45, 2.75) is 24.9 Å². The third-order valence-corrected chi connectivity index (χ3v) is 11.0. The van der Waals surface area contributed by atoms with E-state index in [1.54, 1.807) is 14.0 Å². The van der Waals surface area contributed by atoms with Crippen molar-refractivity contribution in [2.75, 3.05) is 7.11 Å². The summed E-state index contributed by atoms with van der Waals surface area (Å²) in [5.41, 5.74) is 8.65. The van der Waals surface area contributed by atoms with E-state index in [2.05, 4.69) is 128 Å². The Hall–Kier alpha value is -6.16.